The van der Waals surface area contributed by atoms with Gasteiger partial charge in [0.25, 0.3) is 0 Å². The van der Waals surface area contributed by atoms with Gasteiger partial charge in [-0.15, -0.1) is 0 Å². The fraction of sp³-hybridized carbons (Fsp3) is 0.333. The summed E-state index contributed by atoms with van der Waals surface area (Å²) in [6.07, 6.45) is 0. The fourth-order valence-corrected chi connectivity index (χ4v) is 2.61. The number of anilines is 1. The maximum atomic E-state index is 5.55. The fourth-order valence-electron chi connectivity index (χ4n) is 2.61. The number of hydrogen-bond acceptors (Lipinski definition) is 3. The Morgan fingerprint density at radius 1 is 1.00 bits per heavy atom. The number of rotatable bonds is 3. The van der Waals surface area contributed by atoms with E-state index in [4.69, 9.17) is 9.47 Å². The molecule has 0 radical (unpaired) electrons. The van der Waals surface area contributed by atoms with Gasteiger partial charge in [-0.25, -0.2) is 0 Å². The molecule has 110 valence electrons. The van der Waals surface area contributed by atoms with Gasteiger partial charge in [0.05, 0.1) is 0 Å². The Labute approximate surface area is 125 Å². The first-order valence-corrected chi connectivity index (χ1v) is 7.26. The lowest BCUT2D eigenvalue weighted by molar-refractivity contribution is 0.173. The maximum absolute atomic E-state index is 5.55. The summed E-state index contributed by atoms with van der Waals surface area (Å²) < 4.78 is 11.0. The molecule has 0 amide bonds. The third-order valence-electron chi connectivity index (χ3n) is 3.68. The molecule has 3 nitrogen and oxygen atoms in total. The van der Waals surface area contributed by atoms with Crippen LogP contribution in [0.1, 0.15) is 31.9 Å². The molecule has 21 heavy (non-hydrogen) atoms. The molecular weight excluding hydrogens is 262 g/mol. The molecule has 1 aliphatic heterocycles. The maximum Gasteiger partial charge on any atom is 0.231 e. The molecular formula is C18H21NO2. The number of para-hydroxylation sites is 2. The van der Waals surface area contributed by atoms with Crippen molar-refractivity contribution in [1.29, 1.82) is 0 Å². The van der Waals surface area contributed by atoms with Crippen LogP contribution < -0.4 is 14.8 Å². The standard InChI is InChI=1S/C18H21NO2/c1-18(2,3)14-8-4-5-9-15(14)19-11-13-7-6-10-16-17(13)21-12-20-16/h4-10,19H,11-12H2,1-3H3. The Morgan fingerprint density at radius 3 is 2.62 bits per heavy atom. The SMILES string of the molecule is CC(C)(C)c1ccccc1NCc1cccc2c1OCO2. The summed E-state index contributed by atoms with van der Waals surface area (Å²) in [6.45, 7) is 7.71. The largest absolute Gasteiger partial charge is 0.454 e. The summed E-state index contributed by atoms with van der Waals surface area (Å²) >= 11 is 0. The third-order valence-corrected chi connectivity index (χ3v) is 3.68. The number of hydrogen-bond donors (Lipinski definition) is 1. The number of benzene rings is 2. The molecule has 2 aromatic rings. The Morgan fingerprint density at radius 2 is 1.81 bits per heavy atom. The molecule has 3 rings (SSSR count). The molecule has 0 saturated heterocycles. The molecule has 0 unspecified atom stereocenters. The van der Waals surface area contributed by atoms with E-state index >= 15 is 0 Å². The predicted molar refractivity (Wildman–Crippen MR) is 85.0 cm³/mol. The van der Waals surface area contributed by atoms with E-state index in [-0.39, 0.29) is 5.41 Å². The minimum Gasteiger partial charge on any atom is -0.454 e. The van der Waals surface area contributed by atoms with Crippen LogP contribution in [0.15, 0.2) is 42.5 Å². The summed E-state index contributed by atoms with van der Waals surface area (Å²) in [4.78, 5) is 0. The summed E-state index contributed by atoms with van der Waals surface area (Å²) in [7, 11) is 0. The van der Waals surface area contributed by atoms with Gasteiger partial charge in [-0.2, -0.15) is 0 Å². The predicted octanol–water partition coefficient (Wildman–Crippen LogP) is 4.32. The summed E-state index contributed by atoms with van der Waals surface area (Å²) in [5.41, 5.74) is 3.71. The Hall–Kier alpha value is -2.16. The topological polar surface area (TPSA) is 30.5 Å². The number of nitrogens with one attached hydrogen (secondary N) is 1. The van der Waals surface area contributed by atoms with Crippen LogP contribution >= 0.6 is 0 Å². The van der Waals surface area contributed by atoms with Crippen LogP contribution in [0, 0.1) is 0 Å². The quantitative estimate of drug-likeness (QED) is 0.909. The van der Waals surface area contributed by atoms with Gasteiger partial charge in [0.1, 0.15) is 0 Å². The first-order valence-electron chi connectivity index (χ1n) is 7.26. The van der Waals surface area contributed by atoms with Gasteiger partial charge in [-0.3, -0.25) is 0 Å². The summed E-state index contributed by atoms with van der Waals surface area (Å²) in [5, 5.41) is 3.53. The molecule has 3 heteroatoms. The second-order valence-corrected chi connectivity index (χ2v) is 6.30. The average Bonchev–Trinajstić information content (AvgIpc) is 2.93. The van der Waals surface area contributed by atoms with E-state index in [1.807, 2.05) is 12.1 Å². The Balaban J connectivity index is 1.82. The second kappa shape index (κ2) is 5.32. The monoisotopic (exact) mass is 283 g/mol. The third kappa shape index (κ3) is 2.82. The molecule has 0 saturated carbocycles. The van der Waals surface area contributed by atoms with E-state index < -0.39 is 0 Å². The lowest BCUT2D eigenvalue weighted by Crippen LogP contribution is -2.14. The minimum atomic E-state index is 0.113. The van der Waals surface area contributed by atoms with E-state index in [0.717, 1.165) is 23.6 Å². The van der Waals surface area contributed by atoms with Gasteiger partial charge in [0.2, 0.25) is 6.79 Å². The van der Waals surface area contributed by atoms with Crippen molar-refractivity contribution in [3.05, 3.63) is 53.6 Å². The molecule has 1 aliphatic rings. The van der Waals surface area contributed by atoms with Crippen molar-refractivity contribution in [3.63, 3.8) is 0 Å². The Bertz CT molecular complexity index is 644. The molecule has 0 bridgehead atoms. The molecule has 0 spiro atoms. The van der Waals surface area contributed by atoms with Crippen molar-refractivity contribution < 1.29 is 9.47 Å². The van der Waals surface area contributed by atoms with Crippen molar-refractivity contribution in [2.75, 3.05) is 12.1 Å². The van der Waals surface area contributed by atoms with Gasteiger partial charge in [0.15, 0.2) is 11.5 Å². The Kier molecular flexibility index (Phi) is 3.50. The smallest absolute Gasteiger partial charge is 0.231 e. The van der Waals surface area contributed by atoms with Crippen LogP contribution in [-0.4, -0.2) is 6.79 Å². The van der Waals surface area contributed by atoms with Gasteiger partial charge in [-0.1, -0.05) is 51.1 Å². The van der Waals surface area contributed by atoms with E-state index in [2.05, 4.69) is 56.4 Å². The number of fused-ring (bicyclic) bond motifs is 1. The molecule has 1 N–H and O–H groups in total. The highest BCUT2D eigenvalue weighted by atomic mass is 16.7. The minimum absolute atomic E-state index is 0.113. The zero-order valence-electron chi connectivity index (χ0n) is 12.8. The van der Waals surface area contributed by atoms with E-state index in [1.165, 1.54) is 11.3 Å². The van der Waals surface area contributed by atoms with Crippen LogP contribution in [0.25, 0.3) is 0 Å². The number of ether oxygens (including phenoxy) is 2. The molecule has 2 aromatic carbocycles. The van der Waals surface area contributed by atoms with Crippen molar-refractivity contribution in [2.24, 2.45) is 0 Å². The molecule has 0 fully saturated rings. The van der Waals surface area contributed by atoms with Gasteiger partial charge in [-0.05, 0) is 23.1 Å². The second-order valence-electron chi connectivity index (χ2n) is 6.30. The summed E-state index contributed by atoms with van der Waals surface area (Å²) in [5.74, 6) is 1.69. The van der Waals surface area contributed by atoms with Crippen LogP contribution in [0.4, 0.5) is 5.69 Å². The van der Waals surface area contributed by atoms with Crippen LogP contribution in [0.2, 0.25) is 0 Å². The van der Waals surface area contributed by atoms with Gasteiger partial charge in [0, 0.05) is 17.8 Å². The van der Waals surface area contributed by atoms with Gasteiger partial charge >= 0.3 is 0 Å². The highest BCUT2D eigenvalue weighted by Crippen LogP contribution is 2.36. The lowest BCUT2D eigenvalue weighted by atomic mass is 9.86. The first kappa shape index (κ1) is 13.8. The molecule has 0 aromatic heterocycles. The molecule has 0 atom stereocenters. The molecule has 1 heterocycles. The van der Waals surface area contributed by atoms with Crippen LogP contribution in [0.3, 0.4) is 0 Å². The van der Waals surface area contributed by atoms with Crippen LogP contribution in [-0.2, 0) is 12.0 Å². The normalized spacial score (nSPS) is 13.3. The summed E-state index contributed by atoms with van der Waals surface area (Å²) in [6, 6.07) is 14.5. The van der Waals surface area contributed by atoms with Crippen LogP contribution in [0.5, 0.6) is 11.5 Å². The van der Waals surface area contributed by atoms with Crippen molar-refractivity contribution in [2.45, 2.75) is 32.7 Å². The molecule has 0 aliphatic carbocycles. The zero-order valence-corrected chi connectivity index (χ0v) is 12.8. The van der Waals surface area contributed by atoms with Gasteiger partial charge < -0.3 is 14.8 Å². The zero-order chi connectivity index (χ0) is 14.9. The van der Waals surface area contributed by atoms with Crippen molar-refractivity contribution in [3.8, 4) is 11.5 Å². The van der Waals surface area contributed by atoms with E-state index in [1.54, 1.807) is 0 Å². The average molecular weight is 283 g/mol. The van der Waals surface area contributed by atoms with Crippen molar-refractivity contribution >= 4 is 5.69 Å². The first-order chi connectivity index (χ1) is 10.1. The van der Waals surface area contributed by atoms with E-state index in [0.29, 0.717) is 6.79 Å². The van der Waals surface area contributed by atoms with Crippen molar-refractivity contribution in [1.82, 2.24) is 0 Å². The van der Waals surface area contributed by atoms with E-state index in [9.17, 15) is 0 Å². The highest BCUT2D eigenvalue weighted by molar-refractivity contribution is 5.56. The lowest BCUT2D eigenvalue weighted by Gasteiger charge is -2.23. The highest BCUT2D eigenvalue weighted by Gasteiger charge is 2.19.